The Labute approximate surface area is 346 Å². The van der Waals surface area contributed by atoms with Crippen molar-refractivity contribution in [1.82, 2.24) is 29.9 Å². The van der Waals surface area contributed by atoms with E-state index >= 15 is 0 Å². The van der Waals surface area contributed by atoms with Crippen LogP contribution in [0.3, 0.4) is 0 Å². The highest BCUT2D eigenvalue weighted by molar-refractivity contribution is 6.23. The van der Waals surface area contributed by atoms with Crippen molar-refractivity contribution in [3.63, 3.8) is 0 Å². The fraction of sp³-hybridized carbons (Fsp3) is 0.442. The third kappa shape index (κ3) is 7.56. The van der Waals surface area contributed by atoms with Crippen molar-refractivity contribution in [3.05, 3.63) is 77.2 Å². The van der Waals surface area contributed by atoms with Gasteiger partial charge in [-0.2, -0.15) is 18.3 Å². The molecule has 2 aliphatic carbocycles. The van der Waals surface area contributed by atoms with Crippen LogP contribution in [0.2, 0.25) is 0 Å². The number of hydrogen-bond acceptors (Lipinski definition) is 10. The first kappa shape index (κ1) is 40.1. The second-order valence-corrected chi connectivity index (χ2v) is 16.7. The Kier molecular flexibility index (Phi) is 10.1. The van der Waals surface area contributed by atoms with E-state index in [0.29, 0.717) is 55.8 Å². The van der Waals surface area contributed by atoms with Gasteiger partial charge in [0, 0.05) is 43.1 Å². The molecule has 3 aliphatic heterocycles. The smallest absolute Gasteiger partial charge is 0.433 e. The molecule has 15 nitrogen and oxygen atoms in total. The van der Waals surface area contributed by atoms with Crippen LogP contribution in [0, 0.1) is 11.3 Å². The number of amides is 6. The van der Waals surface area contributed by atoms with Crippen LogP contribution in [-0.2, 0) is 20.6 Å². The molecule has 1 atom stereocenters. The number of fused-ring (bicyclic) bond motifs is 2. The molecule has 2 saturated heterocycles. The Morgan fingerprint density at radius 1 is 0.918 bits per heavy atom. The fourth-order valence-corrected chi connectivity index (χ4v) is 9.57. The normalized spacial score (nSPS) is 22.9. The Hall–Kier alpha value is -6.33. The molecule has 2 saturated carbocycles. The summed E-state index contributed by atoms with van der Waals surface area (Å²) in [4.78, 5) is 83.2. The number of aromatic nitrogens is 3. The lowest BCUT2D eigenvalue weighted by Crippen LogP contribution is -2.54. The van der Waals surface area contributed by atoms with Gasteiger partial charge in [0.05, 0.1) is 41.6 Å². The molecule has 18 heteroatoms. The van der Waals surface area contributed by atoms with E-state index in [4.69, 9.17) is 14.6 Å². The molecule has 2 N–H and O–H groups in total. The topological polar surface area (TPSA) is 182 Å². The number of imide groups is 2. The Morgan fingerprint density at radius 2 is 1.66 bits per heavy atom. The van der Waals surface area contributed by atoms with E-state index < -0.39 is 47.4 Å². The second kappa shape index (κ2) is 15.3. The molecular formula is C43H42F3N7O8. The van der Waals surface area contributed by atoms with E-state index in [1.54, 1.807) is 18.2 Å². The van der Waals surface area contributed by atoms with Gasteiger partial charge in [-0.25, -0.2) is 4.98 Å². The second-order valence-electron chi connectivity index (χ2n) is 16.7. The monoisotopic (exact) mass is 841 g/mol. The molecule has 6 amide bonds. The molecule has 1 spiro atoms. The fourth-order valence-electron chi connectivity index (χ4n) is 9.57. The number of alkyl halides is 3. The number of halogens is 3. The van der Waals surface area contributed by atoms with Crippen molar-refractivity contribution in [2.45, 2.75) is 88.6 Å². The number of benzene rings is 2. The van der Waals surface area contributed by atoms with Crippen LogP contribution in [0.5, 0.6) is 11.5 Å². The molecule has 5 heterocycles. The molecule has 0 bridgehead atoms. The zero-order valence-corrected chi connectivity index (χ0v) is 33.1. The number of pyridine rings is 1. The average molecular weight is 842 g/mol. The largest absolute Gasteiger partial charge is 0.494 e. The van der Waals surface area contributed by atoms with E-state index in [1.807, 2.05) is 15.8 Å². The predicted molar refractivity (Wildman–Crippen MR) is 209 cm³/mol. The summed E-state index contributed by atoms with van der Waals surface area (Å²) >= 11 is 0. The summed E-state index contributed by atoms with van der Waals surface area (Å²) in [6.45, 7) is 1.36. The quantitative estimate of drug-likeness (QED) is 0.209. The third-order valence-electron chi connectivity index (χ3n) is 12.9. The van der Waals surface area contributed by atoms with E-state index in [9.17, 15) is 41.9 Å². The zero-order chi connectivity index (χ0) is 42.8. The van der Waals surface area contributed by atoms with Crippen molar-refractivity contribution in [1.29, 1.82) is 0 Å². The average Bonchev–Trinajstić information content (AvgIpc) is 3.75. The zero-order valence-electron chi connectivity index (χ0n) is 33.1. The van der Waals surface area contributed by atoms with Gasteiger partial charge in [-0.1, -0.05) is 6.07 Å². The molecule has 61 heavy (non-hydrogen) atoms. The van der Waals surface area contributed by atoms with Crippen LogP contribution in [0.25, 0.3) is 10.9 Å². The summed E-state index contributed by atoms with van der Waals surface area (Å²) in [5.74, 6) is -2.27. The minimum Gasteiger partial charge on any atom is -0.494 e. The summed E-state index contributed by atoms with van der Waals surface area (Å²) in [5.41, 5.74) is -0.162. The molecule has 318 valence electrons. The van der Waals surface area contributed by atoms with Crippen molar-refractivity contribution in [2.75, 3.05) is 25.5 Å². The molecule has 2 aromatic carbocycles. The Morgan fingerprint density at radius 3 is 2.36 bits per heavy atom. The van der Waals surface area contributed by atoms with Crippen LogP contribution < -0.4 is 20.1 Å². The van der Waals surface area contributed by atoms with Gasteiger partial charge in [0.1, 0.15) is 28.9 Å². The van der Waals surface area contributed by atoms with Gasteiger partial charge < -0.3 is 19.7 Å². The number of anilines is 1. The van der Waals surface area contributed by atoms with Crippen LogP contribution in [0.1, 0.15) is 107 Å². The highest BCUT2D eigenvalue weighted by Gasteiger charge is 2.48. The van der Waals surface area contributed by atoms with E-state index in [0.717, 1.165) is 48.1 Å². The number of hydrogen-bond donors (Lipinski definition) is 2. The molecular weight excluding hydrogens is 800 g/mol. The summed E-state index contributed by atoms with van der Waals surface area (Å²) in [7, 11) is 1.43. The Bertz CT molecular complexity index is 2480. The molecule has 2 aromatic heterocycles. The summed E-state index contributed by atoms with van der Waals surface area (Å²) < 4.78 is 53.2. The number of carbonyl (C=O) groups excluding carboxylic acids is 6. The molecule has 9 rings (SSSR count). The maximum Gasteiger partial charge on any atom is 0.433 e. The molecule has 1 unspecified atom stereocenters. The minimum absolute atomic E-state index is 0.0425. The van der Waals surface area contributed by atoms with Gasteiger partial charge in [-0.15, -0.1) is 0 Å². The number of nitrogens with one attached hydrogen (secondary N) is 2. The summed E-state index contributed by atoms with van der Waals surface area (Å²) in [5, 5.41) is 10.3. The van der Waals surface area contributed by atoms with Gasteiger partial charge >= 0.3 is 6.18 Å². The third-order valence-corrected chi connectivity index (χ3v) is 12.9. The van der Waals surface area contributed by atoms with Gasteiger partial charge in [0.2, 0.25) is 17.7 Å². The maximum atomic E-state index is 13.7. The molecule has 4 aromatic rings. The number of likely N-dealkylation sites (tertiary alicyclic amines) is 1. The number of piperidine rings is 2. The lowest BCUT2D eigenvalue weighted by molar-refractivity contribution is -0.142. The molecule has 5 aliphatic rings. The van der Waals surface area contributed by atoms with Crippen LogP contribution >= 0.6 is 0 Å². The number of carbonyl (C=O) groups is 6. The lowest BCUT2D eigenvalue weighted by Gasteiger charge is -2.52. The summed E-state index contributed by atoms with van der Waals surface area (Å²) in [6, 6.07) is 10.3. The van der Waals surface area contributed by atoms with E-state index in [2.05, 4.69) is 15.6 Å². The SMILES string of the molecule is COc1cc2nn(C3CC4(CCN(C(=O)C5CCC(Oc6ccc7c(c6)C(=O)N(C6CCC(=O)NC6=O)C7=O)CC5)CC4)C3)cc2cc1NC(=O)c1cccc(C(F)(F)F)n1. The number of nitrogens with zero attached hydrogens (tertiary/aromatic N) is 5. The molecule has 0 radical (unpaired) electrons. The Balaban J connectivity index is 0.752. The lowest BCUT2D eigenvalue weighted by atomic mass is 9.60. The summed E-state index contributed by atoms with van der Waals surface area (Å²) in [6.07, 6.45) is 3.42. The van der Waals surface area contributed by atoms with Crippen molar-refractivity contribution < 1.29 is 51.4 Å². The standard InChI is InChI=1S/C43H42F3N7O8/c1-60-34-19-31-24(17-32(34)48-37(55)30-3-2-4-35(47-30)43(44,45)46)22-52(50-31)25-20-42(21-25)13-15-51(16-14-42)39(57)23-5-7-26(8-6-23)61-27-9-10-28-29(18-27)41(59)53(40(28)58)33-11-12-36(54)49-38(33)56/h2-4,9-10,17-19,22-23,25-26,33H,5-8,11-16,20-21H2,1H3,(H,48,55)(H,49,54,56). The van der Waals surface area contributed by atoms with E-state index in [1.165, 1.54) is 25.3 Å². The number of rotatable bonds is 8. The highest BCUT2D eigenvalue weighted by Crippen LogP contribution is 2.55. The van der Waals surface area contributed by atoms with Gasteiger partial charge in [0.25, 0.3) is 17.7 Å². The maximum absolute atomic E-state index is 13.7. The first-order valence-corrected chi connectivity index (χ1v) is 20.4. The van der Waals surface area contributed by atoms with Crippen molar-refractivity contribution in [2.24, 2.45) is 11.3 Å². The first-order chi connectivity index (χ1) is 29.2. The van der Waals surface area contributed by atoms with Crippen LogP contribution in [-0.4, -0.2) is 92.4 Å². The van der Waals surface area contributed by atoms with Crippen LogP contribution in [0.15, 0.2) is 54.7 Å². The van der Waals surface area contributed by atoms with Crippen molar-refractivity contribution in [3.8, 4) is 11.5 Å². The minimum atomic E-state index is -4.69. The van der Waals surface area contributed by atoms with Gasteiger partial charge in [0.15, 0.2) is 0 Å². The first-order valence-electron chi connectivity index (χ1n) is 20.4. The molecule has 4 fully saturated rings. The van der Waals surface area contributed by atoms with Gasteiger partial charge in [-0.05, 0) is 99.6 Å². The number of methoxy groups -OCH3 is 1. The van der Waals surface area contributed by atoms with Crippen molar-refractivity contribution >= 4 is 52.0 Å². The highest BCUT2D eigenvalue weighted by atomic mass is 19.4. The number of ether oxygens (including phenoxy) is 2. The van der Waals surface area contributed by atoms with Crippen LogP contribution in [0.4, 0.5) is 18.9 Å². The van der Waals surface area contributed by atoms with E-state index in [-0.39, 0.29) is 64.7 Å². The van der Waals surface area contributed by atoms with Gasteiger partial charge in [-0.3, -0.25) is 43.7 Å². The predicted octanol–water partition coefficient (Wildman–Crippen LogP) is 5.69.